The van der Waals surface area contributed by atoms with E-state index in [-0.39, 0.29) is 5.91 Å². The van der Waals surface area contributed by atoms with Gasteiger partial charge in [0.1, 0.15) is 0 Å². The summed E-state index contributed by atoms with van der Waals surface area (Å²) in [6.45, 7) is 3.32. The van der Waals surface area contributed by atoms with Crippen LogP contribution in [0.1, 0.15) is 35.3 Å². The molecular formula is C22H23N3OS. The third kappa shape index (κ3) is 4.26. The molecule has 1 aromatic heterocycles. The van der Waals surface area contributed by atoms with Gasteiger partial charge in [0.2, 0.25) is 5.91 Å². The lowest BCUT2D eigenvalue weighted by Gasteiger charge is -2.37. The van der Waals surface area contributed by atoms with Crippen molar-refractivity contribution in [1.82, 2.24) is 9.88 Å². The van der Waals surface area contributed by atoms with Gasteiger partial charge in [0.25, 0.3) is 0 Å². The molecule has 4 nitrogen and oxygen atoms in total. The van der Waals surface area contributed by atoms with E-state index in [0.717, 1.165) is 31.6 Å². The molecule has 0 spiro atoms. The Bertz CT molecular complexity index is 922. The summed E-state index contributed by atoms with van der Waals surface area (Å²) >= 11 is 1.49. The summed E-state index contributed by atoms with van der Waals surface area (Å²) in [6, 6.07) is 19.8. The van der Waals surface area contributed by atoms with Gasteiger partial charge >= 0.3 is 0 Å². The minimum atomic E-state index is -0.0789. The Morgan fingerprint density at radius 2 is 1.96 bits per heavy atom. The van der Waals surface area contributed by atoms with Crippen molar-refractivity contribution in [2.45, 2.75) is 32.4 Å². The third-order valence-electron chi connectivity index (χ3n) is 4.99. The normalized spacial score (nSPS) is 16.7. The largest absolute Gasteiger partial charge is 0.302 e. The number of carbonyl (C=O) groups excluding carboxylic acids is 1. The molecule has 2 heterocycles. The number of carbonyl (C=O) groups is 1. The summed E-state index contributed by atoms with van der Waals surface area (Å²) in [5.74, 6) is -0.0789. The maximum Gasteiger partial charge on any atom is 0.223 e. The highest BCUT2D eigenvalue weighted by Gasteiger charge is 2.27. The van der Waals surface area contributed by atoms with Crippen LogP contribution in [0.25, 0.3) is 0 Å². The maximum absolute atomic E-state index is 11.3. The molecule has 2 aromatic carbocycles. The number of fused-ring (bicyclic) bond motifs is 1. The van der Waals surface area contributed by atoms with E-state index in [2.05, 4.69) is 69.8 Å². The first-order valence-corrected chi connectivity index (χ1v) is 10.1. The lowest BCUT2D eigenvalue weighted by atomic mass is 9.88. The number of aromatic nitrogens is 1. The maximum atomic E-state index is 11.3. The molecule has 0 saturated heterocycles. The lowest BCUT2D eigenvalue weighted by Crippen LogP contribution is -2.36. The number of hydrogen-bond acceptors (Lipinski definition) is 4. The van der Waals surface area contributed by atoms with E-state index in [9.17, 15) is 4.79 Å². The Balaban J connectivity index is 1.58. The Hall–Kier alpha value is -2.50. The van der Waals surface area contributed by atoms with Gasteiger partial charge in [0.15, 0.2) is 5.13 Å². The van der Waals surface area contributed by atoms with Gasteiger partial charge in [0, 0.05) is 31.4 Å². The van der Waals surface area contributed by atoms with Crippen molar-refractivity contribution in [3.63, 3.8) is 0 Å². The number of rotatable bonds is 5. The number of anilines is 1. The molecule has 1 amide bonds. The first-order chi connectivity index (χ1) is 13.2. The van der Waals surface area contributed by atoms with E-state index < -0.39 is 0 Å². The van der Waals surface area contributed by atoms with E-state index >= 15 is 0 Å². The average Bonchev–Trinajstić information content (AvgIpc) is 3.10. The van der Waals surface area contributed by atoms with E-state index in [1.54, 1.807) is 0 Å². The third-order valence-corrected chi connectivity index (χ3v) is 5.80. The van der Waals surface area contributed by atoms with Crippen LogP contribution in [-0.2, 0) is 24.2 Å². The van der Waals surface area contributed by atoms with Crippen LogP contribution in [-0.4, -0.2) is 22.3 Å². The summed E-state index contributed by atoms with van der Waals surface area (Å²) in [5, 5.41) is 5.50. The zero-order valence-electron chi connectivity index (χ0n) is 15.4. The predicted octanol–water partition coefficient (Wildman–Crippen LogP) is 4.44. The first-order valence-electron chi connectivity index (χ1n) is 9.27. The van der Waals surface area contributed by atoms with Crippen LogP contribution in [0.4, 0.5) is 5.13 Å². The summed E-state index contributed by atoms with van der Waals surface area (Å²) in [4.78, 5) is 18.4. The highest BCUT2D eigenvalue weighted by atomic mass is 32.1. The van der Waals surface area contributed by atoms with Gasteiger partial charge in [-0.15, -0.1) is 11.3 Å². The van der Waals surface area contributed by atoms with E-state index in [1.165, 1.54) is 35.0 Å². The molecule has 0 fully saturated rings. The predicted molar refractivity (Wildman–Crippen MR) is 110 cm³/mol. The fourth-order valence-corrected chi connectivity index (χ4v) is 4.51. The highest BCUT2D eigenvalue weighted by Crippen LogP contribution is 2.34. The van der Waals surface area contributed by atoms with Crippen LogP contribution in [0.15, 0.2) is 60.0 Å². The fraction of sp³-hybridized carbons (Fsp3) is 0.273. The molecular weight excluding hydrogens is 354 g/mol. The van der Waals surface area contributed by atoms with Crippen molar-refractivity contribution in [2.24, 2.45) is 0 Å². The molecule has 1 atom stereocenters. The zero-order chi connectivity index (χ0) is 18.6. The number of nitrogens with one attached hydrogen (secondary N) is 1. The molecule has 5 heteroatoms. The van der Waals surface area contributed by atoms with Gasteiger partial charge in [-0.05, 0) is 29.5 Å². The van der Waals surface area contributed by atoms with Gasteiger partial charge in [-0.3, -0.25) is 9.69 Å². The van der Waals surface area contributed by atoms with E-state index in [1.807, 2.05) is 5.38 Å². The van der Waals surface area contributed by atoms with Crippen molar-refractivity contribution >= 4 is 22.4 Å². The molecule has 0 radical (unpaired) electrons. The van der Waals surface area contributed by atoms with Crippen molar-refractivity contribution < 1.29 is 4.79 Å². The highest BCUT2D eigenvalue weighted by molar-refractivity contribution is 7.13. The second kappa shape index (κ2) is 8.03. The monoisotopic (exact) mass is 377 g/mol. The van der Waals surface area contributed by atoms with E-state index in [0.29, 0.717) is 11.2 Å². The Morgan fingerprint density at radius 1 is 1.19 bits per heavy atom. The van der Waals surface area contributed by atoms with Gasteiger partial charge in [-0.2, -0.15) is 0 Å². The summed E-state index contributed by atoms with van der Waals surface area (Å²) in [6.07, 6.45) is 2.05. The topological polar surface area (TPSA) is 45.2 Å². The minimum absolute atomic E-state index is 0.0789. The van der Waals surface area contributed by atoms with Crippen molar-refractivity contribution in [1.29, 1.82) is 0 Å². The standard InChI is InChI=1S/C22H23N3OS/c1-16(26)23-22-24-19(15-27-22)14-25-12-11-18-9-5-6-10-20(18)21(25)13-17-7-3-2-4-8-17/h2-10,15,21H,11-14H2,1H3,(H,23,24,26)/t21-/m0/s1. The van der Waals surface area contributed by atoms with E-state index in [4.69, 9.17) is 0 Å². The van der Waals surface area contributed by atoms with Crippen LogP contribution < -0.4 is 5.32 Å². The number of nitrogens with zero attached hydrogens (tertiary/aromatic N) is 2. The van der Waals surface area contributed by atoms with Gasteiger partial charge in [0.05, 0.1) is 5.69 Å². The van der Waals surface area contributed by atoms with Gasteiger partial charge in [-0.25, -0.2) is 4.98 Å². The van der Waals surface area contributed by atoms with Crippen LogP contribution in [0, 0.1) is 0 Å². The zero-order valence-corrected chi connectivity index (χ0v) is 16.2. The Labute approximate surface area is 163 Å². The summed E-state index contributed by atoms with van der Waals surface area (Å²) < 4.78 is 0. The molecule has 1 aliphatic rings. The molecule has 138 valence electrons. The number of thiazole rings is 1. The molecule has 0 saturated carbocycles. The molecule has 1 N–H and O–H groups in total. The smallest absolute Gasteiger partial charge is 0.223 e. The molecule has 0 bridgehead atoms. The summed E-state index contributed by atoms with van der Waals surface area (Å²) in [5.41, 5.74) is 5.24. The van der Waals surface area contributed by atoms with Crippen molar-refractivity contribution in [3.05, 3.63) is 82.4 Å². The molecule has 4 rings (SSSR count). The lowest BCUT2D eigenvalue weighted by molar-refractivity contribution is -0.114. The van der Waals surface area contributed by atoms with Crippen LogP contribution in [0.5, 0.6) is 0 Å². The van der Waals surface area contributed by atoms with Gasteiger partial charge in [-0.1, -0.05) is 54.6 Å². The number of hydrogen-bond donors (Lipinski definition) is 1. The van der Waals surface area contributed by atoms with Crippen molar-refractivity contribution in [2.75, 3.05) is 11.9 Å². The van der Waals surface area contributed by atoms with Crippen LogP contribution in [0.3, 0.4) is 0 Å². The molecule has 1 aliphatic heterocycles. The fourth-order valence-electron chi connectivity index (χ4n) is 3.76. The molecule has 0 aliphatic carbocycles. The van der Waals surface area contributed by atoms with Gasteiger partial charge < -0.3 is 5.32 Å². The Morgan fingerprint density at radius 3 is 2.78 bits per heavy atom. The quantitative estimate of drug-likeness (QED) is 0.715. The summed E-state index contributed by atoms with van der Waals surface area (Å²) in [7, 11) is 0. The molecule has 0 unspecified atom stereocenters. The number of amides is 1. The number of benzene rings is 2. The molecule has 3 aromatic rings. The Kier molecular flexibility index (Phi) is 5.32. The SMILES string of the molecule is CC(=O)Nc1nc(CN2CCc3ccccc3[C@@H]2Cc2ccccc2)cs1. The first kappa shape index (κ1) is 17.9. The average molecular weight is 378 g/mol. The second-order valence-electron chi connectivity index (χ2n) is 6.95. The minimum Gasteiger partial charge on any atom is -0.302 e. The second-order valence-corrected chi connectivity index (χ2v) is 7.81. The molecule has 27 heavy (non-hydrogen) atoms. The van der Waals surface area contributed by atoms with Crippen LogP contribution in [0.2, 0.25) is 0 Å². The van der Waals surface area contributed by atoms with Crippen LogP contribution >= 0.6 is 11.3 Å². The van der Waals surface area contributed by atoms with Crippen molar-refractivity contribution in [3.8, 4) is 0 Å².